The van der Waals surface area contributed by atoms with Crippen LogP contribution in [0.1, 0.15) is 22.3 Å². The molecule has 0 fully saturated rings. The minimum Gasteiger partial charge on any atom is -0.510 e. The molecule has 0 saturated carbocycles. The number of Topliss-reactive ketones (excluding diaryl/α,β-unsaturated/α-hetero) is 2. The minimum atomic E-state index is -2.63. The number of fused-ring (bicyclic) bond motifs is 3. The van der Waals surface area contributed by atoms with Crippen LogP contribution in [0.4, 0.5) is 5.69 Å². The average molecular weight is 457 g/mol. The van der Waals surface area contributed by atoms with Crippen molar-refractivity contribution < 1.29 is 34.8 Å². The van der Waals surface area contributed by atoms with Gasteiger partial charge in [0, 0.05) is 31.3 Å². The Morgan fingerprint density at radius 2 is 1.76 bits per heavy atom. The number of primary amides is 1. The molecule has 176 valence electrons. The summed E-state index contributed by atoms with van der Waals surface area (Å²) in [6, 6.07) is 2.06. The maximum atomic E-state index is 13.5. The monoisotopic (exact) mass is 457 g/mol. The van der Waals surface area contributed by atoms with Gasteiger partial charge in [0.1, 0.15) is 22.8 Å². The number of carbonyl (C=O) groups excluding carboxylic acids is 3. The summed E-state index contributed by atoms with van der Waals surface area (Å²) in [7, 11) is 6.79. The molecule has 0 saturated heterocycles. The lowest BCUT2D eigenvalue weighted by atomic mass is 9.58. The summed E-state index contributed by atoms with van der Waals surface area (Å²) in [6.07, 6.45) is 0.324. The molecule has 10 nitrogen and oxygen atoms in total. The fraction of sp³-hybridized carbons (Fsp3) is 0.435. The molecule has 0 aliphatic heterocycles. The van der Waals surface area contributed by atoms with E-state index in [4.69, 9.17) is 5.73 Å². The molecular weight excluding hydrogens is 430 g/mol. The molecule has 0 aromatic heterocycles. The van der Waals surface area contributed by atoms with E-state index >= 15 is 0 Å². The molecule has 6 N–H and O–H groups in total. The van der Waals surface area contributed by atoms with Crippen molar-refractivity contribution in [1.82, 2.24) is 4.90 Å². The van der Waals surface area contributed by atoms with E-state index < -0.39 is 58.0 Å². The van der Waals surface area contributed by atoms with Gasteiger partial charge in [0.05, 0.1) is 11.6 Å². The first-order valence-electron chi connectivity index (χ1n) is 10.5. The molecule has 0 spiro atoms. The van der Waals surface area contributed by atoms with Crippen LogP contribution in [0, 0.1) is 11.8 Å². The summed E-state index contributed by atoms with van der Waals surface area (Å²) >= 11 is 0. The van der Waals surface area contributed by atoms with E-state index in [1.807, 2.05) is 0 Å². The van der Waals surface area contributed by atoms with E-state index in [-0.39, 0.29) is 29.7 Å². The van der Waals surface area contributed by atoms with Crippen LogP contribution in [-0.4, -0.2) is 82.6 Å². The Kier molecular flexibility index (Phi) is 5.06. The number of hydrogen-bond donors (Lipinski definition) is 5. The lowest BCUT2D eigenvalue weighted by Gasteiger charge is -2.50. The zero-order chi connectivity index (χ0) is 24.6. The SMILES string of the molecule is CN(C)c1ccc(O)c2c1CC1CC3[C@@H](N(C)C)C(O)=C(C(N)=O)C(=O)[C@@]3(O)C(O)=C1C2=O. The first-order chi connectivity index (χ1) is 15.3. The highest BCUT2D eigenvalue weighted by Gasteiger charge is 2.63. The Hall–Kier alpha value is -3.37. The van der Waals surface area contributed by atoms with Crippen molar-refractivity contribution >= 4 is 23.2 Å². The first-order valence-corrected chi connectivity index (χ1v) is 10.5. The molecule has 1 aromatic carbocycles. The van der Waals surface area contributed by atoms with Crippen LogP contribution in [-0.2, 0) is 16.0 Å². The van der Waals surface area contributed by atoms with Gasteiger partial charge in [-0.2, -0.15) is 0 Å². The van der Waals surface area contributed by atoms with Gasteiger partial charge in [-0.15, -0.1) is 0 Å². The van der Waals surface area contributed by atoms with Crippen molar-refractivity contribution in [2.24, 2.45) is 17.6 Å². The fourth-order valence-corrected chi connectivity index (χ4v) is 5.65. The minimum absolute atomic E-state index is 0.00184. The molecule has 3 aliphatic rings. The highest BCUT2D eigenvalue weighted by atomic mass is 16.3. The second-order valence-electron chi connectivity index (χ2n) is 9.31. The van der Waals surface area contributed by atoms with E-state index in [2.05, 4.69) is 0 Å². The number of ketones is 2. The molecule has 0 radical (unpaired) electrons. The summed E-state index contributed by atoms with van der Waals surface area (Å²) in [5, 5.41) is 43.9. The highest BCUT2D eigenvalue weighted by Crippen LogP contribution is 2.52. The molecule has 4 atom stereocenters. The summed E-state index contributed by atoms with van der Waals surface area (Å²) in [5.74, 6) is -6.53. The summed E-state index contributed by atoms with van der Waals surface area (Å²) in [4.78, 5) is 42.0. The second kappa shape index (κ2) is 7.32. The topological polar surface area (TPSA) is 165 Å². The van der Waals surface area contributed by atoms with Crippen LogP contribution in [0.3, 0.4) is 0 Å². The number of benzene rings is 1. The van der Waals surface area contributed by atoms with Gasteiger partial charge in [0.25, 0.3) is 5.91 Å². The number of hydrogen-bond acceptors (Lipinski definition) is 9. The van der Waals surface area contributed by atoms with Crippen LogP contribution in [0.25, 0.3) is 0 Å². The van der Waals surface area contributed by atoms with Gasteiger partial charge in [-0.05, 0) is 50.6 Å². The highest BCUT2D eigenvalue weighted by molar-refractivity contribution is 6.24. The number of anilines is 1. The smallest absolute Gasteiger partial charge is 0.255 e. The lowest BCUT2D eigenvalue weighted by molar-refractivity contribution is -0.148. The average Bonchev–Trinajstić information content (AvgIpc) is 2.70. The number of allylic oxidation sites excluding steroid dienone is 1. The van der Waals surface area contributed by atoms with Crippen molar-refractivity contribution in [3.63, 3.8) is 0 Å². The number of nitrogens with zero attached hydrogens (tertiary/aromatic N) is 2. The van der Waals surface area contributed by atoms with E-state index in [0.717, 1.165) is 5.69 Å². The third-order valence-electron chi connectivity index (χ3n) is 7.06. The molecule has 0 bridgehead atoms. The maximum Gasteiger partial charge on any atom is 0.255 e. The van der Waals surface area contributed by atoms with Crippen LogP contribution in [0.5, 0.6) is 5.75 Å². The van der Waals surface area contributed by atoms with Crippen LogP contribution >= 0.6 is 0 Å². The number of amides is 1. The number of phenolic OH excluding ortho intramolecular Hbond substituents is 1. The Balaban J connectivity index is 1.98. The number of likely N-dealkylation sites (N-methyl/N-ethyl adjacent to an activating group) is 1. The molecule has 1 amide bonds. The number of aliphatic hydroxyl groups excluding tert-OH is 2. The number of aromatic hydroxyl groups is 1. The summed E-state index contributed by atoms with van der Waals surface area (Å²) in [6.45, 7) is 0. The van der Waals surface area contributed by atoms with E-state index in [9.17, 15) is 34.8 Å². The van der Waals surface area contributed by atoms with Gasteiger partial charge < -0.3 is 31.1 Å². The number of nitrogens with two attached hydrogens (primary N) is 1. The van der Waals surface area contributed by atoms with E-state index in [1.165, 1.54) is 11.0 Å². The molecule has 1 aromatic rings. The predicted molar refractivity (Wildman–Crippen MR) is 118 cm³/mol. The van der Waals surface area contributed by atoms with Gasteiger partial charge in [-0.1, -0.05) is 0 Å². The number of phenols is 1. The summed E-state index contributed by atoms with van der Waals surface area (Å²) in [5.41, 5.74) is 3.02. The zero-order valence-corrected chi connectivity index (χ0v) is 18.8. The van der Waals surface area contributed by atoms with Gasteiger partial charge in [-0.3, -0.25) is 19.3 Å². The van der Waals surface area contributed by atoms with Gasteiger partial charge in [0.2, 0.25) is 5.78 Å². The molecule has 2 unspecified atom stereocenters. The van der Waals surface area contributed by atoms with Crippen LogP contribution < -0.4 is 10.6 Å². The lowest BCUT2D eigenvalue weighted by Crippen LogP contribution is -2.63. The largest absolute Gasteiger partial charge is 0.510 e. The second-order valence-corrected chi connectivity index (χ2v) is 9.31. The number of carbonyl (C=O) groups is 3. The molecule has 0 heterocycles. The van der Waals surface area contributed by atoms with Crippen LogP contribution in [0.2, 0.25) is 0 Å². The Labute approximate surface area is 190 Å². The third-order valence-corrected chi connectivity index (χ3v) is 7.06. The van der Waals surface area contributed by atoms with Gasteiger partial charge >= 0.3 is 0 Å². The first kappa shape index (κ1) is 22.8. The van der Waals surface area contributed by atoms with Gasteiger partial charge in [0.15, 0.2) is 11.4 Å². The number of rotatable bonds is 3. The Morgan fingerprint density at radius 1 is 1.12 bits per heavy atom. The van der Waals surface area contributed by atoms with Crippen molar-refractivity contribution in [2.75, 3.05) is 33.1 Å². The molecule has 3 aliphatic carbocycles. The standard InChI is InChI=1S/C23H27N3O7/c1-25(2)12-5-6-13(27)15-10(12)7-9-8-11-17(26(3)4)19(29)16(22(24)32)21(31)23(11,33)20(30)14(9)18(15)28/h5-6,9,11,17,27,29-30,33H,7-8H2,1-4H3,(H2,24,32)/t9?,11?,17-,23+/m1/s1. The third kappa shape index (κ3) is 2.90. The molecule has 10 heteroatoms. The maximum absolute atomic E-state index is 13.5. The zero-order valence-electron chi connectivity index (χ0n) is 18.8. The normalized spacial score (nSPS) is 29.1. The quantitative estimate of drug-likeness (QED) is 0.398. The van der Waals surface area contributed by atoms with Gasteiger partial charge in [-0.25, -0.2) is 0 Å². The number of aliphatic hydroxyl groups is 3. The Bertz CT molecular complexity index is 1170. The van der Waals surface area contributed by atoms with Crippen molar-refractivity contribution in [1.29, 1.82) is 0 Å². The van der Waals surface area contributed by atoms with Crippen molar-refractivity contribution in [3.05, 3.63) is 45.9 Å². The van der Waals surface area contributed by atoms with Crippen LogP contribution in [0.15, 0.2) is 34.8 Å². The molecular formula is C23H27N3O7. The predicted octanol–water partition coefficient (Wildman–Crippen LogP) is 0.187. The van der Waals surface area contributed by atoms with Crippen molar-refractivity contribution in [3.8, 4) is 5.75 Å². The van der Waals surface area contributed by atoms with E-state index in [0.29, 0.717) is 5.56 Å². The Morgan fingerprint density at radius 3 is 2.30 bits per heavy atom. The van der Waals surface area contributed by atoms with E-state index in [1.54, 1.807) is 39.2 Å². The molecule has 33 heavy (non-hydrogen) atoms. The van der Waals surface area contributed by atoms with Crippen molar-refractivity contribution in [2.45, 2.75) is 24.5 Å². The fourth-order valence-electron chi connectivity index (χ4n) is 5.65. The molecule has 4 rings (SSSR count). The summed E-state index contributed by atoms with van der Waals surface area (Å²) < 4.78 is 0.